The van der Waals surface area contributed by atoms with Crippen LogP contribution in [0.2, 0.25) is 0 Å². The van der Waals surface area contributed by atoms with Gasteiger partial charge in [0, 0.05) is 47.6 Å². The van der Waals surface area contributed by atoms with Gasteiger partial charge in [-0.3, -0.25) is 0 Å². The number of furan rings is 1. The number of nitrogens with zero attached hydrogens (tertiary/aromatic N) is 3. The number of hydrogen-bond donors (Lipinski definition) is 0. The Morgan fingerprint density at radius 1 is 0.396 bits per heavy atom. The van der Waals surface area contributed by atoms with Crippen molar-refractivity contribution in [3.63, 3.8) is 0 Å². The van der Waals surface area contributed by atoms with Crippen molar-refractivity contribution < 1.29 is 4.42 Å². The number of hydrogen-bond acceptors (Lipinski definition) is 5. The van der Waals surface area contributed by atoms with Crippen LogP contribution in [-0.4, -0.2) is 15.0 Å². The van der Waals surface area contributed by atoms with Crippen molar-refractivity contribution >= 4 is 64.2 Å². The third kappa shape index (κ3) is 4.33. The van der Waals surface area contributed by atoms with Crippen LogP contribution in [0.4, 0.5) is 0 Å². The van der Waals surface area contributed by atoms with Crippen LogP contribution in [0.3, 0.4) is 0 Å². The first-order valence-electron chi connectivity index (χ1n) is 15.9. The van der Waals surface area contributed by atoms with Gasteiger partial charge in [0.2, 0.25) is 0 Å². The fourth-order valence-electron chi connectivity index (χ4n) is 6.83. The number of fused-ring (bicyclic) bond motifs is 7. The lowest BCUT2D eigenvalue weighted by Gasteiger charge is -2.11. The molecule has 0 aliphatic carbocycles. The van der Waals surface area contributed by atoms with Gasteiger partial charge in [0.25, 0.3) is 0 Å². The van der Waals surface area contributed by atoms with Crippen LogP contribution in [0.15, 0.2) is 156 Å². The number of para-hydroxylation sites is 1. The molecule has 0 N–H and O–H groups in total. The lowest BCUT2D eigenvalue weighted by molar-refractivity contribution is 0.669. The van der Waals surface area contributed by atoms with Crippen molar-refractivity contribution in [3.8, 4) is 45.3 Å². The standard InChI is InChI=1S/C43H25N3OS/c1-2-14-30-26(10-1)11-8-18-35(30)42-44-41(45-43(46-42)36-19-9-17-34-33-16-4-6-21-39(33)48-40(34)36)29-13-7-12-27(24-29)28-22-23-32-31-15-3-5-20-37(31)47-38(32)25-28/h1-25H. The van der Waals surface area contributed by atoms with Gasteiger partial charge in [-0.1, -0.05) is 115 Å². The number of benzene rings is 7. The summed E-state index contributed by atoms with van der Waals surface area (Å²) in [5, 5.41) is 6.95. The van der Waals surface area contributed by atoms with Crippen molar-refractivity contribution in [1.82, 2.24) is 15.0 Å². The Hall–Kier alpha value is -6.17. The van der Waals surface area contributed by atoms with E-state index < -0.39 is 0 Å². The normalized spacial score (nSPS) is 11.8. The average Bonchev–Trinajstić information content (AvgIpc) is 3.72. The van der Waals surface area contributed by atoms with Crippen LogP contribution in [0.5, 0.6) is 0 Å². The topological polar surface area (TPSA) is 51.8 Å². The molecule has 0 radical (unpaired) electrons. The predicted molar refractivity (Wildman–Crippen MR) is 199 cm³/mol. The maximum Gasteiger partial charge on any atom is 0.165 e. The molecule has 0 spiro atoms. The first kappa shape index (κ1) is 27.0. The van der Waals surface area contributed by atoms with Gasteiger partial charge in [0.05, 0.1) is 0 Å². The van der Waals surface area contributed by atoms with Crippen LogP contribution >= 0.6 is 11.3 Å². The first-order valence-corrected chi connectivity index (χ1v) is 16.8. The second-order valence-corrected chi connectivity index (χ2v) is 13.1. The highest BCUT2D eigenvalue weighted by Gasteiger charge is 2.18. The quantitative estimate of drug-likeness (QED) is 0.194. The lowest BCUT2D eigenvalue weighted by atomic mass is 10.0. The highest BCUT2D eigenvalue weighted by atomic mass is 32.1. The smallest absolute Gasteiger partial charge is 0.165 e. The van der Waals surface area contributed by atoms with Gasteiger partial charge in [0.1, 0.15) is 11.2 Å². The summed E-state index contributed by atoms with van der Waals surface area (Å²) in [6.45, 7) is 0. The Morgan fingerprint density at radius 3 is 1.96 bits per heavy atom. The zero-order chi connectivity index (χ0) is 31.6. The molecule has 5 heteroatoms. The number of rotatable bonds is 4. The van der Waals surface area contributed by atoms with Gasteiger partial charge in [0.15, 0.2) is 17.5 Å². The molecule has 0 fully saturated rings. The van der Waals surface area contributed by atoms with Crippen LogP contribution in [0, 0.1) is 0 Å². The summed E-state index contributed by atoms with van der Waals surface area (Å²) in [6, 6.07) is 52.7. The van der Waals surface area contributed by atoms with E-state index in [-0.39, 0.29) is 0 Å². The number of aromatic nitrogens is 3. The van der Waals surface area contributed by atoms with Crippen molar-refractivity contribution in [2.24, 2.45) is 0 Å². The third-order valence-corrected chi connectivity index (χ3v) is 10.4. The molecule has 0 atom stereocenters. The van der Waals surface area contributed by atoms with E-state index in [1.807, 2.05) is 18.2 Å². The summed E-state index contributed by atoms with van der Waals surface area (Å²) < 4.78 is 8.64. The SMILES string of the molecule is c1cc(-c2ccc3c(c2)oc2ccccc23)cc(-c2nc(-c3cccc4ccccc34)nc(-c3cccc4c3sc3ccccc34)n2)c1. The highest BCUT2D eigenvalue weighted by Crippen LogP contribution is 2.40. The Morgan fingerprint density at radius 2 is 1.02 bits per heavy atom. The van der Waals surface area contributed by atoms with Gasteiger partial charge >= 0.3 is 0 Å². The molecule has 0 amide bonds. The van der Waals surface area contributed by atoms with E-state index in [9.17, 15) is 0 Å². The third-order valence-electron chi connectivity index (χ3n) is 9.14. The van der Waals surface area contributed by atoms with Gasteiger partial charge in [-0.05, 0) is 58.3 Å². The molecule has 10 rings (SSSR count). The maximum atomic E-state index is 6.22. The molecule has 3 aromatic heterocycles. The molecule has 3 heterocycles. The van der Waals surface area contributed by atoms with E-state index in [4.69, 9.17) is 19.4 Å². The van der Waals surface area contributed by atoms with Crippen LogP contribution < -0.4 is 0 Å². The molecule has 0 bridgehead atoms. The van der Waals surface area contributed by atoms with Gasteiger partial charge < -0.3 is 4.42 Å². The molecule has 224 valence electrons. The first-order chi connectivity index (χ1) is 23.8. The minimum atomic E-state index is 0.632. The molecule has 0 aliphatic rings. The fraction of sp³-hybridized carbons (Fsp3) is 0. The fourth-order valence-corrected chi connectivity index (χ4v) is 8.04. The van der Waals surface area contributed by atoms with Gasteiger partial charge in [-0.15, -0.1) is 11.3 Å². The second-order valence-electron chi connectivity index (χ2n) is 12.0. The molecule has 4 nitrogen and oxygen atoms in total. The molecule has 0 aliphatic heterocycles. The van der Waals surface area contributed by atoms with Crippen molar-refractivity contribution in [2.75, 3.05) is 0 Å². The Kier molecular flexibility index (Phi) is 6.01. The molecular weight excluding hydrogens is 607 g/mol. The average molecular weight is 632 g/mol. The maximum absolute atomic E-state index is 6.22. The summed E-state index contributed by atoms with van der Waals surface area (Å²) in [7, 11) is 0. The summed E-state index contributed by atoms with van der Waals surface area (Å²) in [6.07, 6.45) is 0. The Balaban J connectivity index is 1.17. The van der Waals surface area contributed by atoms with E-state index in [1.165, 1.54) is 20.2 Å². The van der Waals surface area contributed by atoms with Crippen molar-refractivity contribution in [3.05, 3.63) is 152 Å². The predicted octanol–water partition coefficient (Wildman–Crippen LogP) is 12.0. The zero-order valence-electron chi connectivity index (χ0n) is 25.6. The molecule has 10 aromatic rings. The molecule has 0 unspecified atom stereocenters. The van der Waals surface area contributed by atoms with E-state index in [2.05, 4.69) is 133 Å². The van der Waals surface area contributed by atoms with Crippen LogP contribution in [-0.2, 0) is 0 Å². The summed E-state index contributed by atoms with van der Waals surface area (Å²) in [5.74, 6) is 1.95. The van der Waals surface area contributed by atoms with E-state index in [1.54, 1.807) is 11.3 Å². The minimum Gasteiger partial charge on any atom is -0.456 e. The molecule has 7 aromatic carbocycles. The Labute approximate surface area is 279 Å². The van der Waals surface area contributed by atoms with Gasteiger partial charge in [-0.2, -0.15) is 0 Å². The summed E-state index contributed by atoms with van der Waals surface area (Å²) in [5.41, 5.74) is 6.81. The molecule has 48 heavy (non-hydrogen) atoms. The van der Waals surface area contributed by atoms with Gasteiger partial charge in [-0.25, -0.2) is 15.0 Å². The highest BCUT2D eigenvalue weighted by molar-refractivity contribution is 7.26. The molecular formula is C43H25N3OS. The summed E-state index contributed by atoms with van der Waals surface area (Å²) in [4.78, 5) is 15.5. The minimum absolute atomic E-state index is 0.632. The van der Waals surface area contributed by atoms with E-state index in [0.29, 0.717) is 17.5 Å². The zero-order valence-corrected chi connectivity index (χ0v) is 26.4. The van der Waals surface area contributed by atoms with Crippen LogP contribution in [0.1, 0.15) is 0 Å². The van der Waals surface area contributed by atoms with Crippen molar-refractivity contribution in [1.29, 1.82) is 0 Å². The Bertz CT molecular complexity index is 2860. The monoisotopic (exact) mass is 631 g/mol. The van der Waals surface area contributed by atoms with Crippen molar-refractivity contribution in [2.45, 2.75) is 0 Å². The van der Waals surface area contributed by atoms with E-state index >= 15 is 0 Å². The van der Waals surface area contributed by atoms with E-state index in [0.717, 1.165) is 60.5 Å². The molecule has 0 saturated heterocycles. The molecule has 0 saturated carbocycles. The second kappa shape index (κ2) is 10.7. The summed E-state index contributed by atoms with van der Waals surface area (Å²) >= 11 is 1.78. The number of thiophene rings is 1. The lowest BCUT2D eigenvalue weighted by Crippen LogP contribution is -2.00. The van der Waals surface area contributed by atoms with Crippen LogP contribution in [0.25, 0.3) is 98.2 Å². The largest absolute Gasteiger partial charge is 0.456 e.